The first kappa shape index (κ1) is 12.1. The molecule has 0 saturated carbocycles. The Balaban J connectivity index is 3.24. The van der Waals surface area contributed by atoms with Gasteiger partial charge in [-0.3, -0.25) is 4.79 Å². The number of pyridine rings is 1. The van der Waals surface area contributed by atoms with E-state index in [0.29, 0.717) is 6.07 Å². The molecule has 1 aromatic rings. The highest BCUT2D eigenvalue weighted by atomic mass is 19.4. The van der Waals surface area contributed by atoms with Crippen molar-refractivity contribution in [2.24, 2.45) is 0 Å². The van der Waals surface area contributed by atoms with E-state index < -0.39 is 29.2 Å². The third kappa shape index (κ3) is 2.75. The molecule has 0 saturated heterocycles. The maximum Gasteiger partial charge on any atom is 0.573 e. The molecule has 0 fully saturated rings. The number of nitrogens with one attached hydrogen (secondary N) is 1. The van der Waals surface area contributed by atoms with Crippen LogP contribution in [0.1, 0.15) is 16.2 Å². The molecule has 2 N–H and O–H groups in total. The summed E-state index contributed by atoms with van der Waals surface area (Å²) in [6, 6.07) is 0.524. The molecular formula is C8H6F3NO4. The number of carbonyl (C=O) groups is 1. The fourth-order valence-electron chi connectivity index (χ4n) is 1.03. The Morgan fingerprint density at radius 2 is 2.06 bits per heavy atom. The fourth-order valence-corrected chi connectivity index (χ4v) is 1.03. The number of carboxylic acids is 1. The van der Waals surface area contributed by atoms with Crippen molar-refractivity contribution < 1.29 is 27.8 Å². The lowest BCUT2D eigenvalue weighted by atomic mass is 10.3. The summed E-state index contributed by atoms with van der Waals surface area (Å²) in [5.74, 6) is -2.41. The lowest BCUT2D eigenvalue weighted by molar-refractivity contribution is -0.275. The minimum absolute atomic E-state index is 0.303. The highest BCUT2D eigenvalue weighted by Crippen LogP contribution is 2.21. The first-order valence-electron chi connectivity index (χ1n) is 3.93. The van der Waals surface area contributed by atoms with Crippen LogP contribution in [0.2, 0.25) is 0 Å². The molecule has 0 amide bonds. The minimum Gasteiger partial charge on any atom is -0.477 e. The van der Waals surface area contributed by atoms with E-state index in [4.69, 9.17) is 5.11 Å². The second-order valence-corrected chi connectivity index (χ2v) is 2.85. The standard InChI is InChI=1S/C8H6F3NO4/c1-3-6(16-8(9,10)11)5(13)2-4(12-3)7(14)15/h2H,1H3,(H,12,13)(H,14,15). The van der Waals surface area contributed by atoms with Gasteiger partial charge in [0.05, 0.1) is 5.69 Å². The van der Waals surface area contributed by atoms with Crippen molar-refractivity contribution in [3.63, 3.8) is 0 Å². The Morgan fingerprint density at radius 3 is 2.44 bits per heavy atom. The van der Waals surface area contributed by atoms with E-state index in [1.807, 2.05) is 0 Å². The molecule has 1 aromatic heterocycles. The molecule has 88 valence electrons. The summed E-state index contributed by atoms with van der Waals surface area (Å²) in [4.78, 5) is 23.7. The van der Waals surface area contributed by atoms with Crippen LogP contribution < -0.4 is 10.2 Å². The summed E-state index contributed by atoms with van der Waals surface area (Å²) in [7, 11) is 0. The average molecular weight is 237 g/mol. The van der Waals surface area contributed by atoms with E-state index in [1.165, 1.54) is 0 Å². The van der Waals surface area contributed by atoms with Crippen LogP contribution in [-0.4, -0.2) is 22.4 Å². The largest absolute Gasteiger partial charge is 0.573 e. The lowest BCUT2D eigenvalue weighted by Gasteiger charge is -2.10. The number of alkyl halides is 3. The third-order valence-electron chi connectivity index (χ3n) is 1.61. The van der Waals surface area contributed by atoms with Gasteiger partial charge in [0.25, 0.3) is 0 Å². The maximum absolute atomic E-state index is 11.9. The summed E-state index contributed by atoms with van der Waals surface area (Å²) in [6.07, 6.45) is -5.00. The van der Waals surface area contributed by atoms with Crippen molar-refractivity contribution in [3.05, 3.63) is 27.7 Å². The van der Waals surface area contributed by atoms with Gasteiger partial charge in [-0.2, -0.15) is 0 Å². The molecule has 1 rings (SSSR count). The number of halogens is 3. The van der Waals surface area contributed by atoms with Crippen molar-refractivity contribution in [2.45, 2.75) is 13.3 Å². The molecule has 8 heteroatoms. The Bertz CT molecular complexity index is 477. The number of carboxylic acid groups (broad SMARTS) is 1. The molecule has 0 radical (unpaired) electrons. The van der Waals surface area contributed by atoms with Crippen LogP contribution in [0, 0.1) is 6.92 Å². The number of aromatic amines is 1. The SMILES string of the molecule is Cc1[nH]c(C(=O)O)cc(=O)c1OC(F)(F)F. The van der Waals surface area contributed by atoms with Crippen molar-refractivity contribution in [3.8, 4) is 5.75 Å². The molecular weight excluding hydrogens is 231 g/mol. The van der Waals surface area contributed by atoms with Crippen molar-refractivity contribution in [2.75, 3.05) is 0 Å². The van der Waals surface area contributed by atoms with Crippen LogP contribution in [0.15, 0.2) is 10.9 Å². The van der Waals surface area contributed by atoms with Crippen LogP contribution >= 0.6 is 0 Å². The minimum atomic E-state index is -5.00. The van der Waals surface area contributed by atoms with Gasteiger partial charge in [0.1, 0.15) is 5.69 Å². The van der Waals surface area contributed by atoms with Gasteiger partial charge < -0.3 is 14.8 Å². The Morgan fingerprint density at radius 1 is 1.50 bits per heavy atom. The van der Waals surface area contributed by atoms with Gasteiger partial charge in [0, 0.05) is 6.07 Å². The zero-order chi connectivity index (χ0) is 12.5. The molecule has 1 heterocycles. The first-order chi connectivity index (χ1) is 7.20. The summed E-state index contributed by atoms with van der Waals surface area (Å²) in [5.41, 5.74) is -1.95. The predicted molar refractivity (Wildman–Crippen MR) is 45.4 cm³/mol. The van der Waals surface area contributed by atoms with Crippen LogP contribution in [0.3, 0.4) is 0 Å². The highest BCUT2D eigenvalue weighted by molar-refractivity contribution is 5.85. The molecule has 5 nitrogen and oxygen atoms in total. The quantitative estimate of drug-likeness (QED) is 0.811. The Kier molecular flexibility index (Phi) is 2.92. The second-order valence-electron chi connectivity index (χ2n) is 2.85. The monoisotopic (exact) mass is 237 g/mol. The smallest absolute Gasteiger partial charge is 0.477 e. The van der Waals surface area contributed by atoms with E-state index in [0.717, 1.165) is 6.92 Å². The van der Waals surface area contributed by atoms with Gasteiger partial charge in [-0.05, 0) is 6.92 Å². The van der Waals surface area contributed by atoms with Gasteiger partial charge in [0.2, 0.25) is 5.43 Å². The van der Waals surface area contributed by atoms with E-state index >= 15 is 0 Å². The molecule has 0 aliphatic carbocycles. The van der Waals surface area contributed by atoms with Crippen molar-refractivity contribution in [1.29, 1.82) is 0 Å². The normalized spacial score (nSPS) is 11.2. The number of hydrogen-bond acceptors (Lipinski definition) is 3. The molecule has 0 spiro atoms. The van der Waals surface area contributed by atoms with E-state index in [9.17, 15) is 22.8 Å². The van der Waals surface area contributed by atoms with Gasteiger partial charge >= 0.3 is 12.3 Å². The summed E-state index contributed by atoms with van der Waals surface area (Å²) in [6.45, 7) is 1.11. The van der Waals surface area contributed by atoms with Crippen molar-refractivity contribution >= 4 is 5.97 Å². The summed E-state index contributed by atoms with van der Waals surface area (Å²) >= 11 is 0. The number of H-pyrrole nitrogens is 1. The zero-order valence-electron chi connectivity index (χ0n) is 7.88. The summed E-state index contributed by atoms with van der Waals surface area (Å²) < 4.78 is 39.1. The lowest BCUT2D eigenvalue weighted by Crippen LogP contribution is -2.23. The number of aromatic carboxylic acids is 1. The molecule has 0 aliphatic rings. The number of aryl methyl sites for hydroxylation is 1. The Hall–Kier alpha value is -1.99. The second kappa shape index (κ2) is 3.87. The van der Waals surface area contributed by atoms with Gasteiger partial charge in [-0.15, -0.1) is 13.2 Å². The first-order valence-corrected chi connectivity index (χ1v) is 3.93. The van der Waals surface area contributed by atoms with Crippen LogP contribution in [0.4, 0.5) is 13.2 Å². The van der Waals surface area contributed by atoms with E-state index in [1.54, 1.807) is 0 Å². The van der Waals surface area contributed by atoms with Gasteiger partial charge in [-0.1, -0.05) is 0 Å². The van der Waals surface area contributed by atoms with E-state index in [-0.39, 0.29) is 5.69 Å². The molecule has 0 aliphatic heterocycles. The van der Waals surface area contributed by atoms with Gasteiger partial charge in [0.15, 0.2) is 5.75 Å². The van der Waals surface area contributed by atoms with Crippen LogP contribution in [0.25, 0.3) is 0 Å². The zero-order valence-corrected chi connectivity index (χ0v) is 7.88. The number of hydrogen-bond donors (Lipinski definition) is 2. The predicted octanol–water partition coefficient (Wildman–Crippen LogP) is 1.28. The molecule has 16 heavy (non-hydrogen) atoms. The Labute approximate surface area is 86.5 Å². The van der Waals surface area contributed by atoms with Crippen LogP contribution in [0.5, 0.6) is 5.75 Å². The fraction of sp³-hybridized carbons (Fsp3) is 0.250. The molecule has 0 unspecified atom stereocenters. The topological polar surface area (TPSA) is 79.4 Å². The third-order valence-corrected chi connectivity index (χ3v) is 1.61. The maximum atomic E-state index is 11.9. The molecule has 0 atom stereocenters. The highest BCUT2D eigenvalue weighted by Gasteiger charge is 2.33. The van der Waals surface area contributed by atoms with Gasteiger partial charge in [-0.25, -0.2) is 4.79 Å². The number of aromatic nitrogens is 1. The average Bonchev–Trinajstić information content (AvgIpc) is 2.09. The number of rotatable bonds is 2. The molecule has 0 aromatic carbocycles. The van der Waals surface area contributed by atoms with E-state index in [2.05, 4.69) is 9.72 Å². The summed E-state index contributed by atoms with van der Waals surface area (Å²) in [5, 5.41) is 8.52. The number of ether oxygens (including phenoxy) is 1. The molecule has 0 bridgehead atoms. The van der Waals surface area contributed by atoms with Crippen molar-refractivity contribution in [1.82, 2.24) is 4.98 Å². The van der Waals surface area contributed by atoms with Crippen LogP contribution in [-0.2, 0) is 0 Å².